The molecule has 3 aromatic rings. The molecule has 4 rings (SSSR count). The minimum Gasteiger partial charge on any atom is -0.497 e. The molecule has 1 saturated heterocycles. The first kappa shape index (κ1) is 21.5. The van der Waals surface area contributed by atoms with Gasteiger partial charge in [-0.3, -0.25) is 4.79 Å². The third kappa shape index (κ3) is 5.14. The molecular formula is C24H26FN5O2. The van der Waals surface area contributed by atoms with Crippen LogP contribution in [0.25, 0.3) is 0 Å². The van der Waals surface area contributed by atoms with Crippen LogP contribution in [0.2, 0.25) is 0 Å². The topological polar surface area (TPSA) is 70.6 Å². The van der Waals surface area contributed by atoms with Crippen LogP contribution in [0.15, 0.2) is 54.6 Å². The van der Waals surface area contributed by atoms with Crippen molar-refractivity contribution in [1.82, 2.24) is 14.9 Å². The maximum atomic E-state index is 13.9. The van der Waals surface area contributed by atoms with E-state index in [-0.39, 0.29) is 18.1 Å². The van der Waals surface area contributed by atoms with Gasteiger partial charge in [-0.1, -0.05) is 18.2 Å². The number of ether oxygens (including phenoxy) is 1. The molecule has 1 aromatic heterocycles. The molecule has 0 unspecified atom stereocenters. The van der Waals surface area contributed by atoms with E-state index in [0.29, 0.717) is 43.5 Å². The molecule has 2 aromatic carbocycles. The fourth-order valence-corrected chi connectivity index (χ4v) is 3.65. The van der Waals surface area contributed by atoms with E-state index < -0.39 is 0 Å². The highest BCUT2D eigenvalue weighted by molar-refractivity contribution is 5.79. The van der Waals surface area contributed by atoms with Gasteiger partial charge < -0.3 is 19.9 Å². The summed E-state index contributed by atoms with van der Waals surface area (Å²) in [5, 5.41) is 3.30. The average Bonchev–Trinajstić information content (AvgIpc) is 2.81. The number of halogens is 1. The molecule has 1 N–H and O–H groups in total. The maximum Gasteiger partial charge on any atom is 0.227 e. The summed E-state index contributed by atoms with van der Waals surface area (Å²) >= 11 is 0. The number of aryl methyl sites for hydroxylation is 1. The SMILES string of the molecule is COc1ccc(Nc2cc(C)nc(N3CCN(C(=O)Cc4ccccc4F)CC3)n2)cc1. The summed E-state index contributed by atoms with van der Waals surface area (Å²) in [5.74, 6) is 1.71. The highest BCUT2D eigenvalue weighted by Crippen LogP contribution is 2.22. The Hall–Kier alpha value is -3.68. The largest absolute Gasteiger partial charge is 0.497 e. The molecule has 1 aliphatic heterocycles. The summed E-state index contributed by atoms with van der Waals surface area (Å²) in [6, 6.07) is 15.9. The van der Waals surface area contributed by atoms with Crippen LogP contribution in [-0.2, 0) is 11.2 Å². The van der Waals surface area contributed by atoms with Gasteiger partial charge in [-0.05, 0) is 42.8 Å². The number of nitrogens with one attached hydrogen (secondary N) is 1. The monoisotopic (exact) mass is 435 g/mol. The first-order chi connectivity index (χ1) is 15.5. The third-order valence-electron chi connectivity index (χ3n) is 5.42. The maximum absolute atomic E-state index is 13.9. The molecule has 1 amide bonds. The van der Waals surface area contributed by atoms with Crippen molar-refractivity contribution in [3.8, 4) is 5.75 Å². The van der Waals surface area contributed by atoms with Crippen LogP contribution in [0.1, 0.15) is 11.3 Å². The molecule has 0 aliphatic carbocycles. The molecule has 0 radical (unpaired) electrons. The lowest BCUT2D eigenvalue weighted by Crippen LogP contribution is -2.49. The van der Waals surface area contributed by atoms with Crippen LogP contribution >= 0.6 is 0 Å². The minimum atomic E-state index is -0.343. The van der Waals surface area contributed by atoms with E-state index in [1.165, 1.54) is 6.07 Å². The zero-order valence-electron chi connectivity index (χ0n) is 18.2. The van der Waals surface area contributed by atoms with Crippen LogP contribution in [0.3, 0.4) is 0 Å². The number of nitrogens with zero attached hydrogens (tertiary/aromatic N) is 4. The van der Waals surface area contributed by atoms with Crippen LogP contribution < -0.4 is 15.0 Å². The molecule has 166 valence electrons. The van der Waals surface area contributed by atoms with Crippen molar-refractivity contribution >= 4 is 23.4 Å². The van der Waals surface area contributed by atoms with Crippen molar-refractivity contribution in [3.05, 3.63) is 71.7 Å². The lowest BCUT2D eigenvalue weighted by Gasteiger charge is -2.35. The Bertz CT molecular complexity index is 1080. The molecule has 0 bridgehead atoms. The lowest BCUT2D eigenvalue weighted by atomic mass is 10.1. The molecule has 0 spiro atoms. The Labute approximate surface area is 186 Å². The molecular weight excluding hydrogens is 409 g/mol. The predicted octanol–water partition coefficient (Wildman–Crippen LogP) is 3.57. The zero-order valence-corrected chi connectivity index (χ0v) is 18.2. The molecule has 1 aliphatic rings. The summed E-state index contributed by atoms with van der Waals surface area (Å²) in [6.07, 6.45) is 0.0730. The first-order valence-electron chi connectivity index (χ1n) is 10.5. The molecule has 0 atom stereocenters. The van der Waals surface area contributed by atoms with Crippen molar-refractivity contribution in [1.29, 1.82) is 0 Å². The molecule has 8 heteroatoms. The second-order valence-corrected chi connectivity index (χ2v) is 7.68. The highest BCUT2D eigenvalue weighted by atomic mass is 19.1. The Morgan fingerprint density at radius 1 is 1.06 bits per heavy atom. The lowest BCUT2D eigenvalue weighted by molar-refractivity contribution is -0.130. The van der Waals surface area contributed by atoms with Gasteiger partial charge in [0.2, 0.25) is 11.9 Å². The number of hydrogen-bond acceptors (Lipinski definition) is 6. The second-order valence-electron chi connectivity index (χ2n) is 7.68. The zero-order chi connectivity index (χ0) is 22.5. The first-order valence-corrected chi connectivity index (χ1v) is 10.5. The number of benzene rings is 2. The highest BCUT2D eigenvalue weighted by Gasteiger charge is 2.23. The van der Waals surface area contributed by atoms with Crippen molar-refractivity contribution in [2.45, 2.75) is 13.3 Å². The van der Waals surface area contributed by atoms with E-state index in [0.717, 1.165) is 17.1 Å². The van der Waals surface area contributed by atoms with E-state index >= 15 is 0 Å². The summed E-state index contributed by atoms with van der Waals surface area (Å²) in [5.41, 5.74) is 2.18. The van der Waals surface area contributed by atoms with E-state index in [9.17, 15) is 9.18 Å². The second kappa shape index (κ2) is 9.64. The van der Waals surface area contributed by atoms with Crippen molar-refractivity contribution < 1.29 is 13.9 Å². The van der Waals surface area contributed by atoms with Gasteiger partial charge in [0.25, 0.3) is 0 Å². The van der Waals surface area contributed by atoms with Gasteiger partial charge >= 0.3 is 0 Å². The minimum absolute atomic E-state index is 0.0678. The molecule has 32 heavy (non-hydrogen) atoms. The van der Waals surface area contributed by atoms with Crippen molar-refractivity contribution in [2.75, 3.05) is 43.5 Å². The number of anilines is 3. The quantitative estimate of drug-likeness (QED) is 0.638. The number of rotatable bonds is 6. The van der Waals surface area contributed by atoms with E-state index in [1.807, 2.05) is 37.3 Å². The third-order valence-corrected chi connectivity index (χ3v) is 5.42. The van der Waals surface area contributed by atoms with E-state index in [2.05, 4.69) is 20.2 Å². The van der Waals surface area contributed by atoms with Gasteiger partial charge in [-0.25, -0.2) is 9.37 Å². The summed E-state index contributed by atoms with van der Waals surface area (Å²) in [4.78, 5) is 25.7. The molecule has 0 saturated carbocycles. The van der Waals surface area contributed by atoms with Crippen LogP contribution in [0.5, 0.6) is 5.75 Å². The fraction of sp³-hybridized carbons (Fsp3) is 0.292. The molecule has 7 nitrogen and oxygen atoms in total. The van der Waals surface area contributed by atoms with Gasteiger partial charge in [0, 0.05) is 43.6 Å². The predicted molar refractivity (Wildman–Crippen MR) is 122 cm³/mol. The van der Waals surface area contributed by atoms with E-state index in [4.69, 9.17) is 4.74 Å². The smallest absolute Gasteiger partial charge is 0.227 e. The van der Waals surface area contributed by atoms with Crippen molar-refractivity contribution in [3.63, 3.8) is 0 Å². The summed E-state index contributed by atoms with van der Waals surface area (Å²) in [6.45, 7) is 4.26. The Morgan fingerprint density at radius 2 is 1.78 bits per heavy atom. The van der Waals surface area contributed by atoms with Gasteiger partial charge in [0.05, 0.1) is 13.5 Å². The average molecular weight is 436 g/mol. The Morgan fingerprint density at radius 3 is 2.47 bits per heavy atom. The summed E-state index contributed by atoms with van der Waals surface area (Å²) in [7, 11) is 1.63. The standard InChI is InChI=1S/C24H26FN5O2/c1-17-15-22(27-19-7-9-20(32-2)10-8-19)28-24(26-17)30-13-11-29(12-14-30)23(31)16-18-5-3-4-6-21(18)25/h3-10,15H,11-14,16H2,1-2H3,(H,26,27,28). The van der Waals surface area contributed by atoms with Crippen LogP contribution in [0.4, 0.5) is 21.8 Å². The number of amides is 1. The number of piperazine rings is 1. The van der Waals surface area contributed by atoms with Gasteiger partial charge in [0.15, 0.2) is 0 Å². The van der Waals surface area contributed by atoms with Crippen LogP contribution in [0, 0.1) is 12.7 Å². The molecule has 2 heterocycles. The van der Waals surface area contributed by atoms with Gasteiger partial charge in [-0.2, -0.15) is 4.98 Å². The Kier molecular flexibility index (Phi) is 6.49. The molecule has 1 fully saturated rings. The number of carbonyl (C=O) groups excluding carboxylic acids is 1. The fourth-order valence-electron chi connectivity index (χ4n) is 3.65. The number of hydrogen-bond donors (Lipinski definition) is 1. The van der Waals surface area contributed by atoms with Crippen LogP contribution in [-0.4, -0.2) is 54.1 Å². The van der Waals surface area contributed by atoms with Gasteiger partial charge in [-0.15, -0.1) is 0 Å². The normalized spacial score (nSPS) is 13.7. The number of methoxy groups -OCH3 is 1. The number of carbonyl (C=O) groups is 1. The van der Waals surface area contributed by atoms with Crippen molar-refractivity contribution in [2.24, 2.45) is 0 Å². The van der Waals surface area contributed by atoms with Gasteiger partial charge in [0.1, 0.15) is 17.4 Å². The Balaban J connectivity index is 1.38. The number of aromatic nitrogens is 2. The van der Waals surface area contributed by atoms with E-state index in [1.54, 1.807) is 30.2 Å². The summed E-state index contributed by atoms with van der Waals surface area (Å²) < 4.78 is 19.1.